The summed E-state index contributed by atoms with van der Waals surface area (Å²) in [4.78, 5) is 0. The number of benzene rings is 1. The number of halogens is 6. The first kappa shape index (κ1) is 10.4. The smallest absolute Gasteiger partial charge is 0.206 e. The quantitative estimate of drug-likeness (QED) is 0.493. The van der Waals surface area contributed by atoms with Gasteiger partial charge < -0.3 is 0 Å². The van der Waals surface area contributed by atoms with Crippen LogP contribution in [0, 0.1) is 11.6 Å². The minimum Gasteiger partial charge on any atom is -0.206 e. The predicted octanol–water partition coefficient (Wildman–Crippen LogP) is 3.75. The zero-order valence-corrected chi connectivity index (χ0v) is 7.51. The normalized spacial score (nSPS) is 11.8. The van der Waals surface area contributed by atoms with Gasteiger partial charge in [0.05, 0.1) is 10.0 Å². The standard InChI is InChI=1S/C7H2BrF5/c8-5-4(9)2-1-3(6(5)10)7(11,12)13/h1-2H. The Kier molecular flexibility index (Phi) is 2.61. The van der Waals surface area contributed by atoms with Crippen molar-refractivity contribution in [1.82, 2.24) is 0 Å². The van der Waals surface area contributed by atoms with E-state index in [1.165, 1.54) is 0 Å². The highest BCUT2D eigenvalue weighted by molar-refractivity contribution is 9.10. The highest BCUT2D eigenvalue weighted by Gasteiger charge is 2.35. The first-order chi connectivity index (χ1) is 5.84. The van der Waals surface area contributed by atoms with Gasteiger partial charge in [-0.15, -0.1) is 0 Å². The van der Waals surface area contributed by atoms with E-state index in [9.17, 15) is 22.0 Å². The monoisotopic (exact) mass is 260 g/mol. The van der Waals surface area contributed by atoms with Crippen molar-refractivity contribution in [2.75, 3.05) is 0 Å². The molecule has 0 heterocycles. The first-order valence-corrected chi connectivity index (χ1v) is 3.84. The van der Waals surface area contributed by atoms with Gasteiger partial charge in [-0.05, 0) is 28.1 Å². The third-order valence-corrected chi connectivity index (χ3v) is 2.07. The molecule has 1 rings (SSSR count). The van der Waals surface area contributed by atoms with Gasteiger partial charge in [-0.3, -0.25) is 0 Å². The molecule has 1 aromatic rings. The second-order valence-electron chi connectivity index (χ2n) is 2.22. The van der Waals surface area contributed by atoms with Crippen LogP contribution in [0.1, 0.15) is 5.56 Å². The SMILES string of the molecule is Fc1ccc(C(F)(F)F)c(F)c1Br. The van der Waals surface area contributed by atoms with E-state index in [0.29, 0.717) is 12.1 Å². The minimum atomic E-state index is -4.81. The van der Waals surface area contributed by atoms with Gasteiger partial charge in [0.25, 0.3) is 0 Å². The number of alkyl halides is 3. The van der Waals surface area contributed by atoms with E-state index in [1.807, 2.05) is 0 Å². The summed E-state index contributed by atoms with van der Waals surface area (Å²) >= 11 is 2.37. The van der Waals surface area contributed by atoms with Gasteiger partial charge in [0.1, 0.15) is 5.82 Å². The van der Waals surface area contributed by atoms with Crippen LogP contribution < -0.4 is 0 Å². The zero-order chi connectivity index (χ0) is 10.2. The number of hydrogen-bond donors (Lipinski definition) is 0. The molecule has 0 N–H and O–H groups in total. The number of rotatable bonds is 0. The Balaban J connectivity index is 3.35. The molecule has 0 spiro atoms. The van der Waals surface area contributed by atoms with E-state index in [0.717, 1.165) is 0 Å². The van der Waals surface area contributed by atoms with Crippen LogP contribution in [-0.4, -0.2) is 0 Å². The third kappa shape index (κ3) is 1.99. The molecule has 0 aromatic heterocycles. The lowest BCUT2D eigenvalue weighted by atomic mass is 10.2. The molecule has 6 heteroatoms. The summed E-state index contributed by atoms with van der Waals surface area (Å²) in [5.41, 5.74) is -1.49. The molecule has 72 valence electrons. The highest BCUT2D eigenvalue weighted by atomic mass is 79.9. The molecule has 0 aliphatic heterocycles. The zero-order valence-electron chi connectivity index (χ0n) is 5.92. The maximum Gasteiger partial charge on any atom is 0.419 e. The maximum absolute atomic E-state index is 12.8. The Hall–Kier alpha value is -0.650. The second-order valence-corrected chi connectivity index (χ2v) is 3.01. The Morgan fingerprint density at radius 3 is 2.08 bits per heavy atom. The molecule has 0 nitrogen and oxygen atoms in total. The van der Waals surface area contributed by atoms with Crippen LogP contribution >= 0.6 is 15.9 Å². The molecule has 0 saturated heterocycles. The lowest BCUT2D eigenvalue weighted by Crippen LogP contribution is -2.08. The molecule has 13 heavy (non-hydrogen) atoms. The van der Waals surface area contributed by atoms with Gasteiger partial charge >= 0.3 is 6.18 Å². The molecule has 1 aromatic carbocycles. The molecule has 0 atom stereocenters. The van der Waals surface area contributed by atoms with Crippen molar-refractivity contribution in [3.63, 3.8) is 0 Å². The third-order valence-electron chi connectivity index (χ3n) is 1.34. The summed E-state index contributed by atoms with van der Waals surface area (Å²) in [5.74, 6) is -2.70. The van der Waals surface area contributed by atoms with E-state index in [1.54, 1.807) is 0 Å². The summed E-state index contributed by atoms with van der Waals surface area (Å²) in [7, 11) is 0. The van der Waals surface area contributed by atoms with Crippen molar-refractivity contribution in [3.05, 3.63) is 33.8 Å². The van der Waals surface area contributed by atoms with E-state index in [4.69, 9.17) is 0 Å². The van der Waals surface area contributed by atoms with Crippen molar-refractivity contribution in [2.24, 2.45) is 0 Å². The Morgan fingerprint density at radius 1 is 1.08 bits per heavy atom. The molecular weight excluding hydrogens is 259 g/mol. The van der Waals surface area contributed by atoms with Gasteiger partial charge in [0, 0.05) is 0 Å². The predicted molar refractivity (Wildman–Crippen MR) is 39.1 cm³/mol. The summed E-state index contributed by atoms with van der Waals surface area (Å²) in [6.07, 6.45) is -4.81. The average Bonchev–Trinajstić information content (AvgIpc) is 1.98. The van der Waals surface area contributed by atoms with E-state index in [-0.39, 0.29) is 0 Å². The average molecular weight is 261 g/mol. The highest BCUT2D eigenvalue weighted by Crippen LogP contribution is 2.34. The van der Waals surface area contributed by atoms with Gasteiger partial charge in [-0.25, -0.2) is 8.78 Å². The minimum absolute atomic E-state index is 0.357. The molecule has 0 unspecified atom stereocenters. The largest absolute Gasteiger partial charge is 0.419 e. The first-order valence-electron chi connectivity index (χ1n) is 3.04. The lowest BCUT2D eigenvalue weighted by molar-refractivity contribution is -0.140. The van der Waals surface area contributed by atoms with Crippen molar-refractivity contribution in [1.29, 1.82) is 0 Å². The molecule has 0 aliphatic carbocycles. The lowest BCUT2D eigenvalue weighted by Gasteiger charge is -2.08. The van der Waals surface area contributed by atoms with Crippen LogP contribution in [0.3, 0.4) is 0 Å². The Morgan fingerprint density at radius 2 is 1.62 bits per heavy atom. The van der Waals surface area contributed by atoms with Crippen molar-refractivity contribution in [2.45, 2.75) is 6.18 Å². The Bertz CT molecular complexity index is 330. The van der Waals surface area contributed by atoms with E-state index >= 15 is 0 Å². The Labute approximate surface area is 78.5 Å². The molecule has 0 aliphatic rings. The van der Waals surface area contributed by atoms with E-state index < -0.39 is 27.8 Å². The molecule has 0 bridgehead atoms. The van der Waals surface area contributed by atoms with Crippen molar-refractivity contribution in [3.8, 4) is 0 Å². The van der Waals surface area contributed by atoms with Gasteiger partial charge in [-0.1, -0.05) is 0 Å². The van der Waals surface area contributed by atoms with Crippen LogP contribution in [-0.2, 0) is 6.18 Å². The summed E-state index contributed by atoms with van der Waals surface area (Å²) in [5, 5.41) is 0. The van der Waals surface area contributed by atoms with Gasteiger partial charge in [-0.2, -0.15) is 13.2 Å². The topological polar surface area (TPSA) is 0 Å². The maximum atomic E-state index is 12.8. The van der Waals surface area contributed by atoms with Crippen LogP contribution in [0.25, 0.3) is 0 Å². The summed E-state index contributed by atoms with van der Waals surface area (Å²) < 4.78 is 60.4. The fraction of sp³-hybridized carbons (Fsp3) is 0.143. The van der Waals surface area contributed by atoms with Crippen LogP contribution in [0.5, 0.6) is 0 Å². The fourth-order valence-electron chi connectivity index (χ4n) is 0.745. The van der Waals surface area contributed by atoms with Gasteiger partial charge in [0.15, 0.2) is 5.82 Å². The molecule has 0 saturated carbocycles. The van der Waals surface area contributed by atoms with Gasteiger partial charge in [0.2, 0.25) is 0 Å². The summed E-state index contributed by atoms with van der Waals surface area (Å²) in [6, 6.07) is 0.908. The van der Waals surface area contributed by atoms with Crippen LogP contribution in [0.4, 0.5) is 22.0 Å². The number of hydrogen-bond acceptors (Lipinski definition) is 0. The fourth-order valence-corrected chi connectivity index (χ4v) is 1.09. The molecule has 0 fully saturated rings. The molecule has 0 amide bonds. The summed E-state index contributed by atoms with van der Waals surface area (Å²) in [6.45, 7) is 0. The van der Waals surface area contributed by atoms with Crippen molar-refractivity contribution >= 4 is 15.9 Å². The molecular formula is C7H2BrF5. The van der Waals surface area contributed by atoms with E-state index in [2.05, 4.69) is 15.9 Å². The molecule has 0 radical (unpaired) electrons. The van der Waals surface area contributed by atoms with Crippen LogP contribution in [0.2, 0.25) is 0 Å². The van der Waals surface area contributed by atoms with Crippen molar-refractivity contribution < 1.29 is 22.0 Å². The van der Waals surface area contributed by atoms with Crippen LogP contribution in [0.15, 0.2) is 16.6 Å². The second kappa shape index (κ2) is 3.25.